The van der Waals surface area contributed by atoms with Gasteiger partial charge in [0.15, 0.2) is 0 Å². The second-order valence-electron chi connectivity index (χ2n) is 4.58. The first-order valence-electron chi connectivity index (χ1n) is 6.86. The van der Waals surface area contributed by atoms with Crippen molar-refractivity contribution in [3.63, 3.8) is 0 Å². The van der Waals surface area contributed by atoms with E-state index in [1.165, 1.54) is 0 Å². The van der Waals surface area contributed by atoms with Crippen LogP contribution in [0.1, 0.15) is 25.3 Å². The van der Waals surface area contributed by atoms with Crippen LogP contribution >= 0.6 is 0 Å². The summed E-state index contributed by atoms with van der Waals surface area (Å²) in [6.07, 6.45) is 1.50. The van der Waals surface area contributed by atoms with Crippen molar-refractivity contribution in [3.05, 3.63) is 35.9 Å². The molecule has 0 fully saturated rings. The minimum absolute atomic E-state index is 0.187. The fourth-order valence-corrected chi connectivity index (χ4v) is 1.82. The van der Waals surface area contributed by atoms with Crippen molar-refractivity contribution in [2.75, 3.05) is 33.0 Å². The lowest BCUT2D eigenvalue weighted by Crippen LogP contribution is -2.36. The van der Waals surface area contributed by atoms with E-state index in [1.54, 1.807) is 0 Å². The highest BCUT2D eigenvalue weighted by Crippen LogP contribution is 2.23. The molecule has 0 amide bonds. The fraction of sp³-hybridized carbons (Fsp3) is 0.600. The minimum atomic E-state index is -1.01. The Labute approximate surface area is 115 Å². The highest BCUT2D eigenvalue weighted by molar-refractivity contribution is 5.22. The van der Waals surface area contributed by atoms with Crippen LogP contribution in [0.4, 0.5) is 0 Å². The average molecular weight is 267 g/mol. The van der Waals surface area contributed by atoms with Gasteiger partial charge in [-0.05, 0) is 12.0 Å². The topological polar surface area (TPSA) is 64.7 Å². The molecule has 1 unspecified atom stereocenters. The van der Waals surface area contributed by atoms with Crippen molar-refractivity contribution < 1.29 is 14.6 Å². The molecule has 4 nitrogen and oxygen atoms in total. The van der Waals surface area contributed by atoms with E-state index in [4.69, 9.17) is 15.2 Å². The van der Waals surface area contributed by atoms with E-state index in [0.29, 0.717) is 26.2 Å². The molecule has 0 aliphatic carbocycles. The van der Waals surface area contributed by atoms with Crippen molar-refractivity contribution in [1.29, 1.82) is 0 Å². The summed E-state index contributed by atoms with van der Waals surface area (Å²) in [5.41, 5.74) is 5.52. The maximum atomic E-state index is 10.5. The van der Waals surface area contributed by atoms with Crippen LogP contribution in [0.15, 0.2) is 30.3 Å². The van der Waals surface area contributed by atoms with Crippen molar-refractivity contribution >= 4 is 0 Å². The van der Waals surface area contributed by atoms with Gasteiger partial charge in [-0.15, -0.1) is 0 Å². The maximum absolute atomic E-state index is 10.5. The number of nitrogens with two attached hydrogens (primary N) is 1. The van der Waals surface area contributed by atoms with Gasteiger partial charge in [-0.25, -0.2) is 0 Å². The number of ether oxygens (including phenoxy) is 2. The standard InChI is InChI=1S/C15H25NO3/c1-2-9-18-11-12-19-10-8-15(17,13-16)14-6-4-3-5-7-14/h3-7,17H,2,8-13,16H2,1H3. The van der Waals surface area contributed by atoms with Crippen LogP contribution in [-0.4, -0.2) is 38.1 Å². The largest absolute Gasteiger partial charge is 0.384 e. The van der Waals surface area contributed by atoms with Crippen LogP contribution in [0, 0.1) is 0 Å². The zero-order valence-corrected chi connectivity index (χ0v) is 11.7. The fourth-order valence-electron chi connectivity index (χ4n) is 1.82. The highest BCUT2D eigenvalue weighted by Gasteiger charge is 2.26. The molecule has 1 aromatic carbocycles. The molecule has 0 bridgehead atoms. The van der Waals surface area contributed by atoms with Gasteiger partial charge in [0.05, 0.1) is 13.2 Å². The first-order chi connectivity index (χ1) is 9.23. The molecule has 4 heteroatoms. The van der Waals surface area contributed by atoms with Crippen molar-refractivity contribution in [3.8, 4) is 0 Å². The average Bonchev–Trinajstić information content (AvgIpc) is 2.47. The van der Waals surface area contributed by atoms with E-state index in [1.807, 2.05) is 30.3 Å². The molecule has 0 saturated carbocycles. The van der Waals surface area contributed by atoms with Gasteiger partial charge in [-0.2, -0.15) is 0 Å². The van der Waals surface area contributed by atoms with Crippen molar-refractivity contribution in [2.45, 2.75) is 25.4 Å². The second kappa shape index (κ2) is 9.04. The van der Waals surface area contributed by atoms with E-state index in [-0.39, 0.29) is 6.54 Å². The van der Waals surface area contributed by atoms with Crippen LogP contribution in [-0.2, 0) is 15.1 Å². The lowest BCUT2D eigenvalue weighted by Gasteiger charge is -2.27. The van der Waals surface area contributed by atoms with Gasteiger partial charge < -0.3 is 20.3 Å². The van der Waals surface area contributed by atoms with Gasteiger partial charge in [0.2, 0.25) is 0 Å². The predicted molar refractivity (Wildman–Crippen MR) is 75.9 cm³/mol. The Morgan fingerprint density at radius 3 is 2.26 bits per heavy atom. The molecule has 19 heavy (non-hydrogen) atoms. The molecule has 0 heterocycles. The normalized spacial score (nSPS) is 14.3. The summed E-state index contributed by atoms with van der Waals surface area (Å²) in [7, 11) is 0. The second-order valence-corrected chi connectivity index (χ2v) is 4.58. The van der Waals surface area contributed by atoms with Crippen molar-refractivity contribution in [2.24, 2.45) is 5.73 Å². The first-order valence-corrected chi connectivity index (χ1v) is 6.86. The Hall–Kier alpha value is -0.940. The van der Waals surface area contributed by atoms with E-state index in [2.05, 4.69) is 6.92 Å². The van der Waals surface area contributed by atoms with Crippen molar-refractivity contribution in [1.82, 2.24) is 0 Å². The van der Waals surface area contributed by atoms with E-state index in [0.717, 1.165) is 18.6 Å². The zero-order chi connectivity index (χ0) is 14.0. The maximum Gasteiger partial charge on any atom is 0.104 e. The van der Waals surface area contributed by atoms with Crippen LogP contribution in [0.2, 0.25) is 0 Å². The first kappa shape index (κ1) is 16.1. The number of hydrogen-bond donors (Lipinski definition) is 2. The molecule has 0 aliphatic rings. The molecule has 1 aromatic rings. The summed E-state index contributed by atoms with van der Waals surface area (Å²) in [5, 5.41) is 10.5. The number of rotatable bonds is 10. The third-order valence-corrected chi connectivity index (χ3v) is 3.03. The van der Waals surface area contributed by atoms with Gasteiger partial charge in [0, 0.05) is 26.2 Å². The third-order valence-electron chi connectivity index (χ3n) is 3.03. The molecule has 0 saturated heterocycles. The smallest absolute Gasteiger partial charge is 0.104 e. The molecule has 0 radical (unpaired) electrons. The minimum Gasteiger partial charge on any atom is -0.384 e. The Morgan fingerprint density at radius 1 is 1.05 bits per heavy atom. The van der Waals surface area contributed by atoms with E-state index < -0.39 is 5.60 Å². The number of benzene rings is 1. The number of hydrogen-bond acceptors (Lipinski definition) is 4. The summed E-state index contributed by atoms with van der Waals surface area (Å²) in [5.74, 6) is 0. The molecule has 108 valence electrons. The molecular weight excluding hydrogens is 242 g/mol. The molecule has 1 atom stereocenters. The molecule has 0 spiro atoms. The van der Waals surface area contributed by atoms with Crippen LogP contribution < -0.4 is 5.73 Å². The lowest BCUT2D eigenvalue weighted by atomic mass is 9.91. The highest BCUT2D eigenvalue weighted by atomic mass is 16.5. The van der Waals surface area contributed by atoms with Gasteiger partial charge in [0.1, 0.15) is 5.60 Å². The third kappa shape index (κ3) is 5.70. The lowest BCUT2D eigenvalue weighted by molar-refractivity contribution is -0.0102. The van der Waals surface area contributed by atoms with E-state index >= 15 is 0 Å². The predicted octanol–water partition coefficient (Wildman–Crippen LogP) is 1.67. The SMILES string of the molecule is CCCOCCOCCC(O)(CN)c1ccccc1. The van der Waals surface area contributed by atoms with Gasteiger partial charge in [-0.3, -0.25) is 0 Å². The molecule has 3 N–H and O–H groups in total. The molecule has 0 aliphatic heterocycles. The molecular formula is C15H25NO3. The molecule has 1 rings (SSSR count). The Bertz CT molecular complexity index is 331. The Kier molecular flexibility index (Phi) is 7.67. The summed E-state index contributed by atoms with van der Waals surface area (Å²) in [6, 6.07) is 9.49. The summed E-state index contributed by atoms with van der Waals surface area (Å²) in [4.78, 5) is 0. The van der Waals surface area contributed by atoms with Gasteiger partial charge in [-0.1, -0.05) is 37.3 Å². The summed E-state index contributed by atoms with van der Waals surface area (Å²) >= 11 is 0. The number of aliphatic hydroxyl groups is 1. The van der Waals surface area contributed by atoms with Crippen LogP contribution in [0.3, 0.4) is 0 Å². The monoisotopic (exact) mass is 267 g/mol. The Balaban J connectivity index is 2.29. The van der Waals surface area contributed by atoms with Gasteiger partial charge in [0.25, 0.3) is 0 Å². The van der Waals surface area contributed by atoms with E-state index in [9.17, 15) is 5.11 Å². The van der Waals surface area contributed by atoms with Crippen LogP contribution in [0.25, 0.3) is 0 Å². The quantitative estimate of drug-likeness (QED) is 0.633. The molecule has 0 aromatic heterocycles. The van der Waals surface area contributed by atoms with Crippen LogP contribution in [0.5, 0.6) is 0 Å². The Morgan fingerprint density at radius 2 is 1.68 bits per heavy atom. The summed E-state index contributed by atoms with van der Waals surface area (Å²) < 4.78 is 10.8. The summed E-state index contributed by atoms with van der Waals surface area (Å²) in [6.45, 7) is 4.64. The zero-order valence-electron chi connectivity index (χ0n) is 11.7. The van der Waals surface area contributed by atoms with Gasteiger partial charge >= 0.3 is 0 Å².